The highest BCUT2D eigenvalue weighted by atomic mass is 16.3. The maximum atomic E-state index is 8.82. The van der Waals surface area contributed by atoms with Crippen LogP contribution in [0.15, 0.2) is 24.3 Å². The molecule has 1 aromatic rings. The molecule has 0 aliphatic heterocycles. The third-order valence-corrected chi connectivity index (χ3v) is 2.97. The van der Waals surface area contributed by atoms with Crippen LogP contribution in [-0.2, 0) is 0 Å². The van der Waals surface area contributed by atoms with Crippen LogP contribution in [0.5, 0.6) is 0 Å². The second kappa shape index (κ2) is 6.66. The molecule has 0 bridgehead atoms. The van der Waals surface area contributed by atoms with E-state index >= 15 is 0 Å². The Kier molecular flexibility index (Phi) is 5.50. The fraction of sp³-hybridized carbons (Fsp3) is 0.571. The number of benzene rings is 1. The van der Waals surface area contributed by atoms with Crippen LogP contribution < -0.4 is 5.32 Å². The average Bonchev–Trinajstić information content (AvgIpc) is 2.27. The highest BCUT2D eigenvalue weighted by Crippen LogP contribution is 2.13. The summed E-state index contributed by atoms with van der Waals surface area (Å²) in [4.78, 5) is 0. The van der Waals surface area contributed by atoms with Gasteiger partial charge in [-0.3, -0.25) is 0 Å². The largest absolute Gasteiger partial charge is 0.396 e. The topological polar surface area (TPSA) is 32.3 Å². The van der Waals surface area contributed by atoms with Gasteiger partial charge in [-0.15, -0.1) is 0 Å². The first-order valence-electron chi connectivity index (χ1n) is 6.04. The van der Waals surface area contributed by atoms with Gasteiger partial charge in [-0.2, -0.15) is 0 Å². The van der Waals surface area contributed by atoms with Gasteiger partial charge in [-0.25, -0.2) is 0 Å². The Morgan fingerprint density at radius 1 is 1.19 bits per heavy atom. The van der Waals surface area contributed by atoms with Gasteiger partial charge in [0.15, 0.2) is 0 Å². The molecule has 16 heavy (non-hydrogen) atoms. The summed E-state index contributed by atoms with van der Waals surface area (Å²) in [5.41, 5.74) is 2.62. The third kappa shape index (κ3) is 4.33. The van der Waals surface area contributed by atoms with Gasteiger partial charge in [0, 0.05) is 12.6 Å². The van der Waals surface area contributed by atoms with Crippen LogP contribution in [0.3, 0.4) is 0 Å². The smallest absolute Gasteiger partial charge is 0.0434 e. The molecular formula is C14H23NO. The first kappa shape index (κ1) is 13.2. The van der Waals surface area contributed by atoms with E-state index in [2.05, 4.69) is 50.4 Å². The van der Waals surface area contributed by atoms with Crippen LogP contribution >= 0.6 is 0 Å². The second-order valence-corrected chi connectivity index (χ2v) is 4.66. The molecule has 2 atom stereocenters. The molecule has 0 spiro atoms. The standard InChI is InChI=1S/C14H23NO/c1-11-4-6-14(7-5-11)13(3)15-10-12(2)8-9-16/h4-7,12-13,15-16H,8-10H2,1-3H3. The van der Waals surface area contributed by atoms with Crippen molar-refractivity contribution in [3.8, 4) is 0 Å². The maximum Gasteiger partial charge on any atom is 0.0434 e. The zero-order valence-corrected chi connectivity index (χ0v) is 10.5. The molecule has 0 fully saturated rings. The minimum atomic E-state index is 0.280. The van der Waals surface area contributed by atoms with E-state index in [1.54, 1.807) is 0 Å². The number of hydrogen-bond donors (Lipinski definition) is 2. The summed E-state index contributed by atoms with van der Waals surface area (Å²) in [6.45, 7) is 7.67. The fourth-order valence-corrected chi connectivity index (χ4v) is 1.67. The van der Waals surface area contributed by atoms with Gasteiger partial charge < -0.3 is 10.4 Å². The quantitative estimate of drug-likeness (QED) is 0.774. The van der Waals surface area contributed by atoms with Crippen molar-refractivity contribution in [3.05, 3.63) is 35.4 Å². The molecule has 0 aromatic heterocycles. The van der Waals surface area contributed by atoms with Crippen LogP contribution in [0.25, 0.3) is 0 Å². The Balaban J connectivity index is 2.40. The molecule has 0 saturated carbocycles. The van der Waals surface area contributed by atoms with Gasteiger partial charge in [0.25, 0.3) is 0 Å². The Bertz CT molecular complexity index is 294. The summed E-state index contributed by atoms with van der Waals surface area (Å²) in [5, 5.41) is 12.3. The summed E-state index contributed by atoms with van der Waals surface area (Å²) in [6, 6.07) is 9.00. The van der Waals surface area contributed by atoms with Gasteiger partial charge in [0.2, 0.25) is 0 Å². The number of aliphatic hydroxyl groups is 1. The second-order valence-electron chi connectivity index (χ2n) is 4.66. The van der Waals surface area contributed by atoms with Gasteiger partial charge in [0.05, 0.1) is 0 Å². The summed E-state index contributed by atoms with van der Waals surface area (Å²) < 4.78 is 0. The van der Waals surface area contributed by atoms with Crippen LogP contribution in [0.2, 0.25) is 0 Å². The number of nitrogens with one attached hydrogen (secondary N) is 1. The summed E-state index contributed by atoms with van der Waals surface area (Å²) >= 11 is 0. The number of rotatable bonds is 6. The SMILES string of the molecule is Cc1ccc(C(C)NCC(C)CCO)cc1. The molecule has 0 aliphatic rings. The van der Waals surface area contributed by atoms with Crippen LogP contribution in [0.4, 0.5) is 0 Å². The van der Waals surface area contributed by atoms with Gasteiger partial charge >= 0.3 is 0 Å². The molecule has 2 unspecified atom stereocenters. The predicted octanol–water partition coefficient (Wildman–Crippen LogP) is 2.66. The molecule has 90 valence electrons. The number of aliphatic hydroxyl groups excluding tert-OH is 1. The highest BCUT2D eigenvalue weighted by molar-refractivity contribution is 5.23. The minimum Gasteiger partial charge on any atom is -0.396 e. The molecule has 2 nitrogen and oxygen atoms in total. The van der Waals surface area contributed by atoms with Crippen molar-refractivity contribution in [2.24, 2.45) is 5.92 Å². The van der Waals surface area contributed by atoms with Crippen molar-refractivity contribution in [1.29, 1.82) is 0 Å². The average molecular weight is 221 g/mol. The summed E-state index contributed by atoms with van der Waals surface area (Å²) in [5.74, 6) is 0.526. The number of hydrogen-bond acceptors (Lipinski definition) is 2. The van der Waals surface area contributed by atoms with E-state index in [9.17, 15) is 0 Å². The molecule has 2 heteroatoms. The van der Waals surface area contributed by atoms with Crippen molar-refractivity contribution in [2.45, 2.75) is 33.2 Å². The number of aryl methyl sites for hydroxylation is 1. The zero-order valence-electron chi connectivity index (χ0n) is 10.5. The molecule has 1 rings (SSSR count). The highest BCUT2D eigenvalue weighted by Gasteiger charge is 2.06. The molecule has 0 aliphatic carbocycles. The Morgan fingerprint density at radius 2 is 1.81 bits per heavy atom. The lowest BCUT2D eigenvalue weighted by Crippen LogP contribution is -2.24. The van der Waals surface area contributed by atoms with E-state index in [4.69, 9.17) is 5.11 Å². The van der Waals surface area contributed by atoms with Crippen molar-refractivity contribution >= 4 is 0 Å². The lowest BCUT2D eigenvalue weighted by atomic mass is 10.0. The van der Waals surface area contributed by atoms with Crippen LogP contribution in [0, 0.1) is 12.8 Å². The monoisotopic (exact) mass is 221 g/mol. The third-order valence-electron chi connectivity index (χ3n) is 2.97. The van der Waals surface area contributed by atoms with Gasteiger partial charge in [0.1, 0.15) is 0 Å². The van der Waals surface area contributed by atoms with Crippen molar-refractivity contribution in [3.63, 3.8) is 0 Å². The predicted molar refractivity (Wildman–Crippen MR) is 68.5 cm³/mol. The first-order valence-corrected chi connectivity index (χ1v) is 6.04. The van der Waals surface area contributed by atoms with Crippen LogP contribution in [-0.4, -0.2) is 18.3 Å². The normalized spacial score (nSPS) is 14.8. The van der Waals surface area contributed by atoms with E-state index in [0.717, 1.165) is 13.0 Å². The summed E-state index contributed by atoms with van der Waals surface area (Å²) in [6.07, 6.45) is 0.869. The Morgan fingerprint density at radius 3 is 2.38 bits per heavy atom. The van der Waals surface area contributed by atoms with E-state index in [-0.39, 0.29) is 6.61 Å². The molecule has 0 amide bonds. The lowest BCUT2D eigenvalue weighted by molar-refractivity contribution is 0.258. The van der Waals surface area contributed by atoms with E-state index < -0.39 is 0 Å². The molecule has 0 radical (unpaired) electrons. The molecule has 2 N–H and O–H groups in total. The maximum absolute atomic E-state index is 8.82. The summed E-state index contributed by atoms with van der Waals surface area (Å²) in [7, 11) is 0. The molecular weight excluding hydrogens is 198 g/mol. The van der Waals surface area contributed by atoms with E-state index in [1.807, 2.05) is 0 Å². The molecule has 0 heterocycles. The van der Waals surface area contributed by atoms with Crippen molar-refractivity contribution in [2.75, 3.05) is 13.2 Å². The Hall–Kier alpha value is -0.860. The van der Waals surface area contributed by atoms with Gasteiger partial charge in [-0.05, 0) is 38.3 Å². The minimum absolute atomic E-state index is 0.280. The van der Waals surface area contributed by atoms with Crippen molar-refractivity contribution in [1.82, 2.24) is 5.32 Å². The van der Waals surface area contributed by atoms with Crippen LogP contribution in [0.1, 0.15) is 37.4 Å². The molecule has 1 aromatic carbocycles. The zero-order chi connectivity index (χ0) is 12.0. The van der Waals surface area contributed by atoms with E-state index in [1.165, 1.54) is 11.1 Å². The lowest BCUT2D eigenvalue weighted by Gasteiger charge is -2.17. The first-order chi connectivity index (χ1) is 7.63. The van der Waals surface area contributed by atoms with E-state index in [0.29, 0.717) is 12.0 Å². The van der Waals surface area contributed by atoms with Gasteiger partial charge in [-0.1, -0.05) is 36.8 Å². The molecule has 0 saturated heterocycles. The Labute approximate surface area is 98.7 Å². The van der Waals surface area contributed by atoms with Crippen molar-refractivity contribution < 1.29 is 5.11 Å². The fourth-order valence-electron chi connectivity index (χ4n) is 1.67.